The number of hydrogen-bond donors (Lipinski definition) is 1. The SMILES string of the molecule is O=C(NC1CCCCC1)[C@@H](Cc1ccccc1)N(Cc1ccccc1)C(=O)CSCc1ccccc1F. The number of benzene rings is 3. The number of carbonyl (C=O) groups excluding carboxylic acids is 2. The summed E-state index contributed by atoms with van der Waals surface area (Å²) in [6.45, 7) is 0.343. The summed E-state index contributed by atoms with van der Waals surface area (Å²) in [5.41, 5.74) is 2.56. The van der Waals surface area contributed by atoms with Crippen molar-refractivity contribution in [1.29, 1.82) is 0 Å². The van der Waals surface area contributed by atoms with Crippen molar-refractivity contribution >= 4 is 23.6 Å². The van der Waals surface area contributed by atoms with Crippen LogP contribution >= 0.6 is 11.8 Å². The molecule has 1 atom stereocenters. The highest BCUT2D eigenvalue weighted by Gasteiger charge is 2.31. The third kappa shape index (κ3) is 8.19. The lowest BCUT2D eigenvalue weighted by Crippen LogP contribution is -2.53. The zero-order valence-electron chi connectivity index (χ0n) is 21.2. The van der Waals surface area contributed by atoms with E-state index >= 15 is 0 Å². The van der Waals surface area contributed by atoms with E-state index in [0.717, 1.165) is 36.8 Å². The van der Waals surface area contributed by atoms with Gasteiger partial charge in [-0.1, -0.05) is 98.1 Å². The number of carbonyl (C=O) groups is 2. The van der Waals surface area contributed by atoms with E-state index < -0.39 is 6.04 Å². The predicted octanol–water partition coefficient (Wildman–Crippen LogP) is 6.15. The Morgan fingerprint density at radius 2 is 1.49 bits per heavy atom. The first-order valence-electron chi connectivity index (χ1n) is 13.1. The number of nitrogens with one attached hydrogen (secondary N) is 1. The number of nitrogens with zero attached hydrogens (tertiary/aromatic N) is 1. The molecule has 0 unspecified atom stereocenters. The largest absolute Gasteiger partial charge is 0.352 e. The molecule has 3 aromatic rings. The molecule has 1 aliphatic rings. The van der Waals surface area contributed by atoms with Crippen molar-refractivity contribution in [2.45, 2.75) is 62.9 Å². The summed E-state index contributed by atoms with van der Waals surface area (Å²) < 4.78 is 14.1. The Hall–Kier alpha value is -3.12. The van der Waals surface area contributed by atoms with Crippen molar-refractivity contribution in [3.05, 3.63) is 107 Å². The average molecular weight is 519 g/mol. The maximum Gasteiger partial charge on any atom is 0.243 e. The molecular weight excluding hydrogens is 483 g/mol. The molecule has 1 aliphatic carbocycles. The fraction of sp³-hybridized carbons (Fsp3) is 0.355. The zero-order valence-corrected chi connectivity index (χ0v) is 22.0. The highest BCUT2D eigenvalue weighted by molar-refractivity contribution is 7.99. The minimum Gasteiger partial charge on any atom is -0.352 e. The normalized spacial score (nSPS) is 14.6. The Kier molecular flexibility index (Phi) is 10.2. The van der Waals surface area contributed by atoms with Crippen LogP contribution in [0.3, 0.4) is 0 Å². The van der Waals surface area contributed by atoms with Gasteiger partial charge in [0.15, 0.2) is 0 Å². The van der Waals surface area contributed by atoms with E-state index in [1.807, 2.05) is 60.7 Å². The molecule has 194 valence electrons. The molecule has 1 fully saturated rings. The van der Waals surface area contributed by atoms with E-state index in [1.165, 1.54) is 24.2 Å². The van der Waals surface area contributed by atoms with E-state index in [9.17, 15) is 14.0 Å². The van der Waals surface area contributed by atoms with Gasteiger partial charge in [0.1, 0.15) is 11.9 Å². The molecule has 0 bridgehead atoms. The van der Waals surface area contributed by atoms with Crippen LogP contribution in [0.25, 0.3) is 0 Å². The lowest BCUT2D eigenvalue weighted by Gasteiger charge is -2.33. The van der Waals surface area contributed by atoms with Crippen molar-refractivity contribution in [1.82, 2.24) is 10.2 Å². The van der Waals surface area contributed by atoms with E-state index in [2.05, 4.69) is 5.32 Å². The molecule has 1 saturated carbocycles. The van der Waals surface area contributed by atoms with Gasteiger partial charge in [0.25, 0.3) is 0 Å². The van der Waals surface area contributed by atoms with Crippen LogP contribution in [0.1, 0.15) is 48.8 Å². The smallest absolute Gasteiger partial charge is 0.243 e. The Labute approximate surface area is 223 Å². The number of halogens is 1. The predicted molar refractivity (Wildman–Crippen MR) is 149 cm³/mol. The molecule has 0 heterocycles. The molecule has 0 saturated heterocycles. The van der Waals surface area contributed by atoms with Crippen LogP contribution < -0.4 is 5.32 Å². The highest BCUT2D eigenvalue weighted by Crippen LogP contribution is 2.21. The first-order chi connectivity index (χ1) is 18.1. The maximum atomic E-state index is 14.1. The summed E-state index contributed by atoms with van der Waals surface area (Å²) in [5, 5.41) is 3.26. The lowest BCUT2D eigenvalue weighted by molar-refractivity contribution is -0.139. The van der Waals surface area contributed by atoms with Crippen molar-refractivity contribution in [2.75, 3.05) is 5.75 Å². The summed E-state index contributed by atoms with van der Waals surface area (Å²) in [5.74, 6) is 0.0831. The number of hydrogen-bond acceptors (Lipinski definition) is 3. The number of amides is 2. The number of rotatable bonds is 11. The van der Waals surface area contributed by atoms with Gasteiger partial charge in [-0.15, -0.1) is 11.8 Å². The second kappa shape index (κ2) is 14.0. The topological polar surface area (TPSA) is 49.4 Å². The van der Waals surface area contributed by atoms with Gasteiger partial charge >= 0.3 is 0 Å². The molecule has 1 N–H and O–H groups in total. The standard InChI is InChI=1S/C31H35FN2O2S/c32-28-19-11-10-16-26(28)22-37-23-30(35)34(21-25-14-6-2-7-15-25)29(20-24-12-4-1-5-13-24)31(36)33-27-17-8-3-9-18-27/h1-2,4-7,10-16,19,27,29H,3,8-9,17-18,20-23H2,(H,33,36)/t29-/m1/s1. The molecule has 0 radical (unpaired) electrons. The summed E-state index contributed by atoms with van der Waals surface area (Å²) in [7, 11) is 0. The third-order valence-electron chi connectivity index (χ3n) is 6.86. The van der Waals surface area contributed by atoms with Crippen LogP contribution in [0, 0.1) is 5.82 Å². The molecule has 4 rings (SSSR count). The molecule has 0 aliphatic heterocycles. The molecular formula is C31H35FN2O2S. The first kappa shape index (κ1) is 26.9. The Morgan fingerprint density at radius 3 is 2.16 bits per heavy atom. The van der Waals surface area contributed by atoms with Crippen LogP contribution in [0.2, 0.25) is 0 Å². The van der Waals surface area contributed by atoms with Crippen LogP contribution in [-0.4, -0.2) is 34.6 Å². The van der Waals surface area contributed by atoms with E-state index in [1.54, 1.807) is 23.1 Å². The Bertz CT molecular complexity index is 1140. The quantitative estimate of drug-likeness (QED) is 0.331. The molecule has 0 aromatic heterocycles. The second-order valence-electron chi connectivity index (χ2n) is 9.64. The number of thioether (sulfide) groups is 1. The summed E-state index contributed by atoms with van der Waals surface area (Å²) in [6, 6.07) is 25.8. The second-order valence-corrected chi connectivity index (χ2v) is 10.6. The van der Waals surface area contributed by atoms with Gasteiger partial charge in [-0.05, 0) is 35.6 Å². The minimum absolute atomic E-state index is 0.0980. The maximum absolute atomic E-state index is 14.1. The molecule has 3 aromatic carbocycles. The zero-order chi connectivity index (χ0) is 25.9. The Balaban J connectivity index is 1.55. The van der Waals surface area contributed by atoms with Crippen LogP contribution in [0.15, 0.2) is 84.9 Å². The van der Waals surface area contributed by atoms with E-state index in [4.69, 9.17) is 0 Å². The van der Waals surface area contributed by atoms with Gasteiger partial charge in [-0.3, -0.25) is 9.59 Å². The Morgan fingerprint density at radius 1 is 0.865 bits per heavy atom. The summed E-state index contributed by atoms with van der Waals surface area (Å²) in [6.07, 6.45) is 5.85. The molecule has 4 nitrogen and oxygen atoms in total. The fourth-order valence-corrected chi connectivity index (χ4v) is 5.72. The van der Waals surface area contributed by atoms with Gasteiger partial charge in [0, 0.05) is 24.8 Å². The van der Waals surface area contributed by atoms with Gasteiger partial charge < -0.3 is 10.2 Å². The fourth-order valence-electron chi connectivity index (χ4n) is 4.83. The average Bonchev–Trinajstić information content (AvgIpc) is 2.93. The van der Waals surface area contributed by atoms with Crippen molar-refractivity contribution in [3.63, 3.8) is 0 Å². The van der Waals surface area contributed by atoms with Gasteiger partial charge in [0.05, 0.1) is 5.75 Å². The first-order valence-corrected chi connectivity index (χ1v) is 14.2. The van der Waals surface area contributed by atoms with Crippen LogP contribution in [-0.2, 0) is 28.3 Å². The third-order valence-corrected chi connectivity index (χ3v) is 7.83. The molecule has 37 heavy (non-hydrogen) atoms. The van der Waals surface area contributed by atoms with Gasteiger partial charge in [-0.2, -0.15) is 0 Å². The van der Waals surface area contributed by atoms with Crippen LogP contribution in [0.4, 0.5) is 4.39 Å². The summed E-state index contributed by atoms with van der Waals surface area (Å²) >= 11 is 1.38. The van der Waals surface area contributed by atoms with Gasteiger partial charge in [0.2, 0.25) is 11.8 Å². The lowest BCUT2D eigenvalue weighted by atomic mass is 9.94. The van der Waals surface area contributed by atoms with Crippen molar-refractivity contribution in [3.8, 4) is 0 Å². The van der Waals surface area contributed by atoms with E-state index in [-0.39, 0.29) is 29.4 Å². The molecule has 6 heteroatoms. The summed E-state index contributed by atoms with van der Waals surface area (Å²) in [4.78, 5) is 29.1. The molecule has 0 spiro atoms. The minimum atomic E-state index is -0.633. The van der Waals surface area contributed by atoms with Crippen molar-refractivity contribution < 1.29 is 14.0 Å². The molecule has 2 amide bonds. The van der Waals surface area contributed by atoms with Crippen molar-refractivity contribution in [2.24, 2.45) is 0 Å². The van der Waals surface area contributed by atoms with E-state index in [0.29, 0.717) is 24.3 Å². The highest BCUT2D eigenvalue weighted by atomic mass is 32.2. The van der Waals surface area contributed by atoms with Crippen LogP contribution in [0.5, 0.6) is 0 Å². The monoisotopic (exact) mass is 518 g/mol. The van der Waals surface area contributed by atoms with Gasteiger partial charge in [-0.25, -0.2) is 4.39 Å².